The summed E-state index contributed by atoms with van der Waals surface area (Å²) in [6.07, 6.45) is 0. The van der Waals surface area contributed by atoms with E-state index in [2.05, 4.69) is 10.6 Å². The lowest BCUT2D eigenvalue weighted by atomic mass is 10.1. The molecule has 0 aliphatic carbocycles. The molecule has 144 valence electrons. The smallest absolute Gasteiger partial charge is 0.238 e. The maximum absolute atomic E-state index is 12.2. The lowest BCUT2D eigenvalue weighted by Gasteiger charge is -2.17. The first-order valence-corrected chi connectivity index (χ1v) is 9.15. The summed E-state index contributed by atoms with van der Waals surface area (Å²) in [6, 6.07) is 24.6. The van der Waals surface area contributed by atoms with Gasteiger partial charge in [0.15, 0.2) is 0 Å². The van der Waals surface area contributed by atoms with Crippen LogP contribution < -0.4 is 20.1 Å². The number of para-hydroxylation sites is 2. The van der Waals surface area contributed by atoms with Gasteiger partial charge in [-0.15, -0.1) is 0 Å². The molecule has 3 aromatic rings. The van der Waals surface area contributed by atoms with Crippen LogP contribution in [0.15, 0.2) is 78.9 Å². The van der Waals surface area contributed by atoms with Crippen molar-refractivity contribution in [3.8, 4) is 17.2 Å². The second kappa shape index (κ2) is 9.58. The van der Waals surface area contributed by atoms with Crippen LogP contribution in [0.5, 0.6) is 17.2 Å². The van der Waals surface area contributed by atoms with E-state index >= 15 is 0 Å². The highest BCUT2D eigenvalue weighted by Crippen LogP contribution is 2.24. The zero-order valence-corrected chi connectivity index (χ0v) is 16.0. The molecule has 0 fully saturated rings. The minimum Gasteiger partial charge on any atom is -0.496 e. The van der Waals surface area contributed by atoms with Gasteiger partial charge in [-0.2, -0.15) is 0 Å². The Morgan fingerprint density at radius 1 is 0.893 bits per heavy atom. The van der Waals surface area contributed by atoms with E-state index in [-0.39, 0.29) is 18.5 Å². The number of ether oxygens (including phenoxy) is 2. The van der Waals surface area contributed by atoms with Crippen molar-refractivity contribution in [2.45, 2.75) is 13.0 Å². The van der Waals surface area contributed by atoms with Crippen LogP contribution in [0.2, 0.25) is 0 Å². The molecular weight excluding hydrogens is 352 g/mol. The van der Waals surface area contributed by atoms with E-state index < -0.39 is 0 Å². The Morgan fingerprint density at radius 2 is 1.54 bits per heavy atom. The summed E-state index contributed by atoms with van der Waals surface area (Å²) in [5.74, 6) is 2.18. The Kier molecular flexibility index (Phi) is 6.65. The maximum atomic E-state index is 12.2. The van der Waals surface area contributed by atoms with E-state index in [4.69, 9.17) is 9.47 Å². The third-order valence-corrected chi connectivity index (χ3v) is 4.29. The number of carbonyl (C=O) groups is 1. The van der Waals surface area contributed by atoms with E-state index in [9.17, 15) is 4.79 Å². The molecule has 5 heteroatoms. The van der Waals surface area contributed by atoms with Gasteiger partial charge < -0.3 is 20.1 Å². The Morgan fingerprint density at radius 3 is 2.25 bits per heavy atom. The lowest BCUT2D eigenvalue weighted by Crippen LogP contribution is -2.30. The molecule has 3 aromatic carbocycles. The summed E-state index contributed by atoms with van der Waals surface area (Å²) in [5, 5.41) is 6.10. The highest BCUT2D eigenvalue weighted by Gasteiger charge is 2.12. The van der Waals surface area contributed by atoms with Gasteiger partial charge in [-0.1, -0.05) is 36.4 Å². The largest absolute Gasteiger partial charge is 0.496 e. The van der Waals surface area contributed by atoms with Gasteiger partial charge in [0, 0.05) is 17.3 Å². The topological polar surface area (TPSA) is 59.6 Å². The van der Waals surface area contributed by atoms with Crippen molar-refractivity contribution in [1.29, 1.82) is 0 Å². The van der Waals surface area contributed by atoms with Crippen LogP contribution in [0.25, 0.3) is 0 Å². The van der Waals surface area contributed by atoms with E-state index in [1.807, 2.05) is 85.8 Å². The Bertz CT molecular complexity index is 895. The van der Waals surface area contributed by atoms with Crippen molar-refractivity contribution in [1.82, 2.24) is 5.32 Å². The molecule has 28 heavy (non-hydrogen) atoms. The molecule has 0 saturated heterocycles. The average molecular weight is 376 g/mol. The van der Waals surface area contributed by atoms with Gasteiger partial charge >= 0.3 is 0 Å². The molecule has 1 atom stereocenters. The van der Waals surface area contributed by atoms with Crippen LogP contribution in [-0.2, 0) is 4.79 Å². The van der Waals surface area contributed by atoms with Crippen molar-refractivity contribution >= 4 is 11.6 Å². The van der Waals surface area contributed by atoms with Gasteiger partial charge in [0.2, 0.25) is 5.91 Å². The quantitative estimate of drug-likeness (QED) is 0.594. The van der Waals surface area contributed by atoms with Crippen LogP contribution in [0.3, 0.4) is 0 Å². The van der Waals surface area contributed by atoms with Gasteiger partial charge in [0.1, 0.15) is 17.2 Å². The average Bonchev–Trinajstić information content (AvgIpc) is 2.74. The lowest BCUT2D eigenvalue weighted by molar-refractivity contribution is -0.115. The summed E-state index contributed by atoms with van der Waals surface area (Å²) in [7, 11) is 1.64. The first-order valence-electron chi connectivity index (χ1n) is 9.15. The van der Waals surface area contributed by atoms with Gasteiger partial charge in [-0.05, 0) is 49.4 Å². The van der Waals surface area contributed by atoms with Crippen molar-refractivity contribution in [2.24, 2.45) is 0 Å². The fourth-order valence-corrected chi connectivity index (χ4v) is 2.82. The molecule has 0 spiro atoms. The van der Waals surface area contributed by atoms with Crippen LogP contribution in [0.1, 0.15) is 18.5 Å². The molecular formula is C23H24N2O3. The molecule has 1 amide bonds. The van der Waals surface area contributed by atoms with Crippen LogP contribution >= 0.6 is 0 Å². The Balaban J connectivity index is 1.50. The van der Waals surface area contributed by atoms with Crippen molar-refractivity contribution < 1.29 is 14.3 Å². The number of hydrogen-bond acceptors (Lipinski definition) is 4. The number of nitrogens with one attached hydrogen (secondary N) is 2. The second-order valence-corrected chi connectivity index (χ2v) is 6.33. The molecule has 0 saturated carbocycles. The molecule has 5 nitrogen and oxygen atoms in total. The summed E-state index contributed by atoms with van der Waals surface area (Å²) in [6.45, 7) is 2.20. The zero-order valence-electron chi connectivity index (χ0n) is 16.0. The third-order valence-electron chi connectivity index (χ3n) is 4.29. The molecule has 2 N–H and O–H groups in total. The highest BCUT2D eigenvalue weighted by atomic mass is 16.5. The first-order chi connectivity index (χ1) is 13.7. The van der Waals surface area contributed by atoms with Crippen molar-refractivity contribution in [2.75, 3.05) is 19.0 Å². The highest BCUT2D eigenvalue weighted by molar-refractivity contribution is 5.92. The molecule has 0 radical (unpaired) electrons. The van der Waals surface area contributed by atoms with Gasteiger partial charge in [0.25, 0.3) is 0 Å². The number of amides is 1. The molecule has 0 heterocycles. The summed E-state index contributed by atoms with van der Waals surface area (Å²) in [4.78, 5) is 12.2. The van der Waals surface area contributed by atoms with Gasteiger partial charge in [-0.3, -0.25) is 4.79 Å². The number of hydrogen-bond donors (Lipinski definition) is 2. The van der Waals surface area contributed by atoms with E-state index in [1.165, 1.54) is 0 Å². The zero-order chi connectivity index (χ0) is 19.8. The minimum absolute atomic E-state index is 0.0106. The first kappa shape index (κ1) is 19.5. The van der Waals surface area contributed by atoms with Crippen LogP contribution in [-0.4, -0.2) is 19.6 Å². The van der Waals surface area contributed by atoms with E-state index in [0.717, 1.165) is 22.7 Å². The minimum atomic E-state index is -0.113. The molecule has 1 unspecified atom stereocenters. The van der Waals surface area contributed by atoms with Gasteiger partial charge in [-0.25, -0.2) is 0 Å². The van der Waals surface area contributed by atoms with E-state index in [1.54, 1.807) is 7.11 Å². The summed E-state index contributed by atoms with van der Waals surface area (Å²) in [5.41, 5.74) is 1.73. The molecule has 0 aromatic heterocycles. The number of rotatable bonds is 8. The van der Waals surface area contributed by atoms with Gasteiger partial charge in [0.05, 0.1) is 13.7 Å². The number of carbonyl (C=O) groups excluding carboxylic acids is 1. The molecule has 3 rings (SSSR count). The monoisotopic (exact) mass is 376 g/mol. The fourth-order valence-electron chi connectivity index (χ4n) is 2.82. The molecule has 0 aliphatic rings. The van der Waals surface area contributed by atoms with E-state index in [0.29, 0.717) is 5.75 Å². The predicted octanol–water partition coefficient (Wildman–Crippen LogP) is 4.78. The number of anilines is 1. The number of methoxy groups -OCH3 is 1. The van der Waals surface area contributed by atoms with Crippen molar-refractivity contribution in [3.63, 3.8) is 0 Å². The molecule has 0 bridgehead atoms. The Labute approximate surface area is 165 Å². The SMILES string of the molecule is COc1ccccc1C(C)NCC(=O)Nc1ccc(Oc2ccccc2)cc1. The molecule has 0 aliphatic heterocycles. The van der Waals surface area contributed by atoms with Crippen LogP contribution in [0.4, 0.5) is 5.69 Å². The third kappa shape index (κ3) is 5.34. The second-order valence-electron chi connectivity index (χ2n) is 6.33. The maximum Gasteiger partial charge on any atom is 0.238 e. The number of benzene rings is 3. The standard InChI is InChI=1S/C23H24N2O3/c1-17(21-10-6-7-11-22(21)27-2)24-16-23(26)25-18-12-14-20(15-13-18)28-19-8-4-3-5-9-19/h3-15,17,24H,16H2,1-2H3,(H,25,26). The summed E-state index contributed by atoms with van der Waals surface area (Å²) < 4.78 is 11.1. The van der Waals surface area contributed by atoms with Crippen LogP contribution in [0, 0.1) is 0 Å². The van der Waals surface area contributed by atoms with Crippen molar-refractivity contribution in [3.05, 3.63) is 84.4 Å². The normalized spacial score (nSPS) is 11.5. The Hall–Kier alpha value is -3.31. The predicted molar refractivity (Wildman–Crippen MR) is 111 cm³/mol. The summed E-state index contributed by atoms with van der Waals surface area (Å²) >= 11 is 0. The fraction of sp³-hybridized carbons (Fsp3) is 0.174.